The summed E-state index contributed by atoms with van der Waals surface area (Å²) >= 11 is 12.6. The van der Waals surface area contributed by atoms with E-state index in [1.807, 2.05) is 19.1 Å². The van der Waals surface area contributed by atoms with Crippen molar-refractivity contribution in [3.8, 4) is 0 Å². The zero-order valence-electron chi connectivity index (χ0n) is 19.1. The zero-order chi connectivity index (χ0) is 24.8. The van der Waals surface area contributed by atoms with Crippen LogP contribution in [-0.2, 0) is 26.2 Å². The fraction of sp³-hybridized carbons (Fsp3) is 0.391. The first-order valence-electron chi connectivity index (χ1n) is 10.4. The highest BCUT2D eigenvalue weighted by atomic mass is 35.5. The van der Waals surface area contributed by atoms with Gasteiger partial charge in [0.05, 0.1) is 11.9 Å². The number of benzene rings is 2. The third-order valence-corrected chi connectivity index (χ3v) is 7.18. The normalized spacial score (nSPS) is 12.2. The number of aryl methyl sites for hydroxylation is 1. The van der Waals surface area contributed by atoms with Crippen LogP contribution in [0.15, 0.2) is 42.5 Å². The van der Waals surface area contributed by atoms with Crippen molar-refractivity contribution in [3.63, 3.8) is 0 Å². The van der Waals surface area contributed by atoms with Crippen LogP contribution in [0.2, 0.25) is 10.0 Å². The summed E-state index contributed by atoms with van der Waals surface area (Å²) in [7, 11) is -2.04. The second-order valence-electron chi connectivity index (χ2n) is 7.79. The number of rotatable bonds is 10. The topological polar surface area (TPSA) is 86.8 Å². The molecule has 0 unspecified atom stereocenters. The smallest absolute Gasteiger partial charge is 0.242 e. The molecule has 1 atom stereocenters. The molecule has 2 rings (SSSR count). The molecule has 0 saturated heterocycles. The molecule has 0 aliphatic rings. The molecule has 0 radical (unpaired) electrons. The van der Waals surface area contributed by atoms with E-state index in [0.29, 0.717) is 21.3 Å². The van der Waals surface area contributed by atoms with E-state index >= 15 is 0 Å². The molecule has 0 saturated carbocycles. The maximum Gasteiger partial charge on any atom is 0.242 e. The molecule has 2 amide bonds. The van der Waals surface area contributed by atoms with Gasteiger partial charge in [-0.1, -0.05) is 47.0 Å². The minimum absolute atomic E-state index is 0.0429. The Labute approximate surface area is 205 Å². The molecule has 0 aromatic heterocycles. The first kappa shape index (κ1) is 27.0. The van der Waals surface area contributed by atoms with Gasteiger partial charge in [0.1, 0.15) is 6.04 Å². The van der Waals surface area contributed by atoms with Crippen molar-refractivity contribution in [2.45, 2.75) is 39.3 Å². The molecule has 0 aliphatic carbocycles. The number of carbonyl (C=O) groups is 2. The van der Waals surface area contributed by atoms with Crippen LogP contribution in [0.3, 0.4) is 0 Å². The summed E-state index contributed by atoms with van der Waals surface area (Å²) < 4.78 is 25.9. The summed E-state index contributed by atoms with van der Waals surface area (Å²) in [4.78, 5) is 26.8. The monoisotopic (exact) mass is 513 g/mol. The molecule has 10 heteroatoms. The second-order valence-corrected chi connectivity index (χ2v) is 10.5. The minimum Gasteiger partial charge on any atom is -0.357 e. The molecule has 0 fully saturated rings. The molecular formula is C23H29Cl2N3O4S. The molecule has 1 N–H and O–H groups in total. The van der Waals surface area contributed by atoms with Crippen LogP contribution in [0.25, 0.3) is 0 Å². The standard InChI is InChI=1S/C23H29Cl2N3O4S/c1-16-10-12-18(13-11-16)28(33(4,31)32)14-6-9-22(29)27(17(2)23(30)26-3)15-19-20(24)7-5-8-21(19)25/h5,7-8,10-13,17H,6,9,14-15H2,1-4H3,(H,26,30)/t17-/m1/s1. The van der Waals surface area contributed by atoms with Gasteiger partial charge in [0.15, 0.2) is 0 Å². The van der Waals surface area contributed by atoms with E-state index in [2.05, 4.69) is 5.32 Å². The molecule has 180 valence electrons. The van der Waals surface area contributed by atoms with Crippen LogP contribution in [0.1, 0.15) is 30.9 Å². The first-order valence-corrected chi connectivity index (χ1v) is 13.0. The van der Waals surface area contributed by atoms with Gasteiger partial charge in [-0.2, -0.15) is 0 Å². The van der Waals surface area contributed by atoms with Gasteiger partial charge in [-0.05, 0) is 44.5 Å². The number of carbonyl (C=O) groups excluding carboxylic acids is 2. The summed E-state index contributed by atoms with van der Waals surface area (Å²) in [5, 5.41) is 3.34. The zero-order valence-corrected chi connectivity index (χ0v) is 21.5. The summed E-state index contributed by atoms with van der Waals surface area (Å²) in [6.45, 7) is 3.72. The van der Waals surface area contributed by atoms with E-state index in [-0.39, 0.29) is 37.7 Å². The highest BCUT2D eigenvalue weighted by Crippen LogP contribution is 2.27. The Hall–Kier alpha value is -2.29. The van der Waals surface area contributed by atoms with E-state index in [1.54, 1.807) is 37.3 Å². The van der Waals surface area contributed by atoms with Crippen molar-refractivity contribution in [1.29, 1.82) is 0 Å². The molecular weight excluding hydrogens is 485 g/mol. The van der Waals surface area contributed by atoms with E-state index < -0.39 is 16.1 Å². The maximum atomic E-state index is 13.1. The molecule has 0 heterocycles. The fourth-order valence-corrected chi connectivity index (χ4v) is 4.84. The minimum atomic E-state index is -3.53. The van der Waals surface area contributed by atoms with Crippen molar-refractivity contribution >= 4 is 50.7 Å². The molecule has 0 spiro atoms. The number of hydrogen-bond acceptors (Lipinski definition) is 4. The van der Waals surface area contributed by atoms with Crippen molar-refractivity contribution in [2.24, 2.45) is 0 Å². The summed E-state index contributed by atoms with van der Waals surface area (Å²) in [6.07, 6.45) is 1.45. The van der Waals surface area contributed by atoms with Crippen LogP contribution in [0.5, 0.6) is 0 Å². The lowest BCUT2D eigenvalue weighted by atomic mass is 10.1. The Morgan fingerprint density at radius 1 is 1.06 bits per heavy atom. The SMILES string of the molecule is CNC(=O)[C@@H](C)N(Cc1c(Cl)cccc1Cl)C(=O)CCCN(c1ccc(C)cc1)S(C)(=O)=O. The Kier molecular flexibility index (Phi) is 9.57. The van der Waals surface area contributed by atoms with Crippen LogP contribution in [0, 0.1) is 6.92 Å². The van der Waals surface area contributed by atoms with Gasteiger partial charge in [-0.3, -0.25) is 13.9 Å². The number of nitrogens with zero attached hydrogens (tertiary/aromatic N) is 2. The van der Waals surface area contributed by atoms with Gasteiger partial charge in [0.25, 0.3) is 0 Å². The average molecular weight is 514 g/mol. The predicted octanol–water partition coefficient (Wildman–Crippen LogP) is 4.01. The number of halogens is 2. The highest BCUT2D eigenvalue weighted by molar-refractivity contribution is 7.92. The fourth-order valence-electron chi connectivity index (χ4n) is 3.36. The Morgan fingerprint density at radius 3 is 2.15 bits per heavy atom. The number of amides is 2. The van der Waals surface area contributed by atoms with E-state index in [1.165, 1.54) is 16.3 Å². The number of hydrogen-bond donors (Lipinski definition) is 1. The van der Waals surface area contributed by atoms with Gasteiger partial charge in [-0.25, -0.2) is 8.42 Å². The van der Waals surface area contributed by atoms with Gasteiger partial charge in [0.2, 0.25) is 21.8 Å². The van der Waals surface area contributed by atoms with E-state index in [0.717, 1.165) is 11.8 Å². The largest absolute Gasteiger partial charge is 0.357 e. The van der Waals surface area contributed by atoms with Crippen molar-refractivity contribution in [3.05, 3.63) is 63.6 Å². The molecule has 0 aliphatic heterocycles. The second kappa shape index (κ2) is 11.7. The Bertz CT molecular complexity index is 1070. The number of anilines is 1. The summed E-state index contributed by atoms with van der Waals surface area (Å²) in [5.41, 5.74) is 2.09. The predicted molar refractivity (Wildman–Crippen MR) is 133 cm³/mol. The van der Waals surface area contributed by atoms with Crippen molar-refractivity contribution < 1.29 is 18.0 Å². The number of nitrogens with one attached hydrogen (secondary N) is 1. The van der Waals surface area contributed by atoms with Crippen molar-refractivity contribution in [1.82, 2.24) is 10.2 Å². The molecule has 2 aromatic rings. The first-order chi connectivity index (χ1) is 15.5. The lowest BCUT2D eigenvalue weighted by Crippen LogP contribution is -2.47. The molecule has 0 bridgehead atoms. The maximum absolute atomic E-state index is 13.1. The van der Waals surface area contributed by atoms with Crippen LogP contribution < -0.4 is 9.62 Å². The van der Waals surface area contributed by atoms with Crippen molar-refractivity contribution in [2.75, 3.05) is 24.2 Å². The third-order valence-electron chi connectivity index (χ3n) is 5.28. The Morgan fingerprint density at radius 2 is 1.64 bits per heavy atom. The molecule has 7 nitrogen and oxygen atoms in total. The van der Waals surface area contributed by atoms with Gasteiger partial charge >= 0.3 is 0 Å². The molecule has 33 heavy (non-hydrogen) atoms. The van der Waals surface area contributed by atoms with Crippen LogP contribution in [-0.4, -0.2) is 51.0 Å². The van der Waals surface area contributed by atoms with Gasteiger partial charge < -0.3 is 10.2 Å². The lowest BCUT2D eigenvalue weighted by Gasteiger charge is -2.29. The van der Waals surface area contributed by atoms with Crippen LogP contribution in [0.4, 0.5) is 5.69 Å². The average Bonchev–Trinajstić information content (AvgIpc) is 2.75. The quantitative estimate of drug-likeness (QED) is 0.519. The van der Waals surface area contributed by atoms with Gasteiger partial charge in [0, 0.05) is 42.2 Å². The van der Waals surface area contributed by atoms with Crippen LogP contribution >= 0.6 is 23.2 Å². The van der Waals surface area contributed by atoms with E-state index in [9.17, 15) is 18.0 Å². The summed E-state index contributed by atoms with van der Waals surface area (Å²) in [6, 6.07) is 11.4. The van der Waals surface area contributed by atoms with E-state index in [4.69, 9.17) is 23.2 Å². The van der Waals surface area contributed by atoms with Gasteiger partial charge in [-0.15, -0.1) is 0 Å². The lowest BCUT2D eigenvalue weighted by molar-refractivity contribution is -0.140. The highest BCUT2D eigenvalue weighted by Gasteiger charge is 2.27. The Balaban J connectivity index is 2.19. The number of sulfonamides is 1. The summed E-state index contributed by atoms with van der Waals surface area (Å²) in [5.74, 6) is -0.636. The third kappa shape index (κ3) is 7.35. The number of likely N-dealkylation sites (N-methyl/N-ethyl adjacent to an activating group) is 1. The molecule has 2 aromatic carbocycles.